The van der Waals surface area contributed by atoms with Crippen molar-refractivity contribution in [3.05, 3.63) is 29.3 Å². The van der Waals surface area contributed by atoms with E-state index in [4.69, 9.17) is 5.73 Å². The molecule has 0 aromatic heterocycles. The van der Waals surface area contributed by atoms with Gasteiger partial charge in [0.05, 0.1) is 12.0 Å². The van der Waals surface area contributed by atoms with Crippen LogP contribution in [0.2, 0.25) is 0 Å². The molecule has 0 bridgehead atoms. The summed E-state index contributed by atoms with van der Waals surface area (Å²) >= 11 is 0. The summed E-state index contributed by atoms with van der Waals surface area (Å²) in [5.41, 5.74) is 12.6. The van der Waals surface area contributed by atoms with Crippen molar-refractivity contribution in [2.24, 2.45) is 11.7 Å². The molecule has 1 fully saturated rings. The zero-order chi connectivity index (χ0) is 15.9. The number of carbonyl (C=O) groups excluding carboxylic acids is 1. The van der Waals surface area contributed by atoms with Gasteiger partial charge in [0, 0.05) is 25.3 Å². The fourth-order valence-electron chi connectivity index (χ4n) is 3.86. The molecule has 0 radical (unpaired) electrons. The average Bonchev–Trinajstić information content (AvgIpc) is 2.47. The number of benzene rings is 1. The Balaban J connectivity index is 2.06. The highest BCUT2D eigenvalue weighted by atomic mass is 16.2. The maximum Gasteiger partial charge on any atom is 0.232 e. The fraction of sp³-hybridized carbons (Fsp3) is 0.588. The zero-order valence-corrected chi connectivity index (χ0v) is 13.7. The van der Waals surface area contributed by atoms with Crippen LogP contribution in [-0.4, -0.2) is 37.1 Å². The Hall–Kier alpha value is -1.43. The molecule has 2 aliphatic heterocycles. The van der Waals surface area contributed by atoms with Crippen molar-refractivity contribution in [1.29, 1.82) is 0 Å². The maximum absolute atomic E-state index is 13.1. The number of fused-ring (bicyclic) bond motifs is 3. The Morgan fingerprint density at radius 2 is 2.18 bits per heavy atom. The van der Waals surface area contributed by atoms with Crippen LogP contribution in [0.3, 0.4) is 0 Å². The van der Waals surface area contributed by atoms with Crippen molar-refractivity contribution in [2.45, 2.75) is 38.8 Å². The summed E-state index contributed by atoms with van der Waals surface area (Å²) in [5, 5.41) is 2.12. The number of aryl methyl sites for hydroxylation is 1. The Labute approximate surface area is 132 Å². The molecule has 0 aliphatic carbocycles. The second-order valence-corrected chi connectivity index (χ2v) is 6.62. The van der Waals surface area contributed by atoms with E-state index in [-0.39, 0.29) is 17.9 Å². The standard InChI is InChI=1S/C17H26N4O/c1-11-5-6-13-15(9-11)21(8-4-7-18)17(22)14-10-12(2)19-20(3)16(13)14/h5-6,9,12,14,16,19H,4,7-8,10,18H2,1-3H3. The van der Waals surface area contributed by atoms with E-state index in [2.05, 4.69) is 42.5 Å². The van der Waals surface area contributed by atoms with Crippen molar-refractivity contribution in [3.8, 4) is 0 Å². The topological polar surface area (TPSA) is 61.6 Å². The molecule has 2 aliphatic rings. The highest BCUT2D eigenvalue weighted by molar-refractivity contribution is 5.99. The first-order valence-corrected chi connectivity index (χ1v) is 8.14. The summed E-state index contributed by atoms with van der Waals surface area (Å²) < 4.78 is 0. The third-order valence-corrected chi connectivity index (χ3v) is 4.79. The van der Waals surface area contributed by atoms with Crippen LogP contribution in [0.25, 0.3) is 0 Å². The van der Waals surface area contributed by atoms with Crippen LogP contribution in [0, 0.1) is 12.8 Å². The van der Waals surface area contributed by atoms with E-state index < -0.39 is 0 Å². The third-order valence-electron chi connectivity index (χ3n) is 4.79. The number of hydrogen-bond acceptors (Lipinski definition) is 4. The van der Waals surface area contributed by atoms with Gasteiger partial charge in [-0.3, -0.25) is 10.2 Å². The second kappa shape index (κ2) is 5.99. The van der Waals surface area contributed by atoms with Gasteiger partial charge >= 0.3 is 0 Å². The minimum Gasteiger partial charge on any atom is -0.330 e. The Kier molecular flexibility index (Phi) is 4.21. The number of nitrogens with two attached hydrogens (primary N) is 1. The van der Waals surface area contributed by atoms with Crippen molar-refractivity contribution < 1.29 is 4.79 Å². The normalized spacial score (nSPS) is 28.5. The number of nitrogens with one attached hydrogen (secondary N) is 1. The number of hydrazine groups is 1. The average molecular weight is 302 g/mol. The lowest BCUT2D eigenvalue weighted by Crippen LogP contribution is -2.58. The minimum atomic E-state index is 0.0224. The molecule has 3 rings (SSSR count). The molecule has 3 atom stereocenters. The van der Waals surface area contributed by atoms with E-state index in [0.29, 0.717) is 19.1 Å². The third kappa shape index (κ3) is 2.53. The van der Waals surface area contributed by atoms with Crippen LogP contribution in [0.4, 0.5) is 5.69 Å². The van der Waals surface area contributed by atoms with E-state index in [0.717, 1.165) is 18.5 Å². The van der Waals surface area contributed by atoms with Gasteiger partial charge in [-0.2, -0.15) is 0 Å². The molecule has 3 N–H and O–H groups in total. The van der Waals surface area contributed by atoms with E-state index in [1.165, 1.54) is 11.1 Å². The number of rotatable bonds is 3. The molecule has 0 spiro atoms. The van der Waals surface area contributed by atoms with Crippen molar-refractivity contribution in [2.75, 3.05) is 25.0 Å². The predicted octanol–water partition coefficient (Wildman–Crippen LogP) is 1.58. The zero-order valence-electron chi connectivity index (χ0n) is 13.7. The summed E-state index contributed by atoms with van der Waals surface area (Å²) in [6.45, 7) is 5.52. The molecule has 5 heteroatoms. The van der Waals surface area contributed by atoms with Crippen LogP contribution in [0.5, 0.6) is 0 Å². The largest absolute Gasteiger partial charge is 0.330 e. The molecule has 2 heterocycles. The molecular formula is C17H26N4O. The van der Waals surface area contributed by atoms with Crippen LogP contribution in [-0.2, 0) is 4.79 Å². The predicted molar refractivity (Wildman–Crippen MR) is 88.4 cm³/mol. The van der Waals surface area contributed by atoms with Gasteiger partial charge in [-0.15, -0.1) is 0 Å². The van der Waals surface area contributed by atoms with Gasteiger partial charge in [-0.1, -0.05) is 12.1 Å². The Morgan fingerprint density at radius 3 is 2.91 bits per heavy atom. The fourth-order valence-corrected chi connectivity index (χ4v) is 3.86. The van der Waals surface area contributed by atoms with E-state index in [1.54, 1.807) is 0 Å². The first-order valence-electron chi connectivity index (χ1n) is 8.14. The molecule has 1 aromatic carbocycles. The second-order valence-electron chi connectivity index (χ2n) is 6.62. The number of nitrogens with zero attached hydrogens (tertiary/aromatic N) is 2. The Morgan fingerprint density at radius 1 is 1.41 bits per heavy atom. The number of anilines is 1. The Bertz CT molecular complexity index is 574. The highest BCUT2D eigenvalue weighted by Gasteiger charge is 2.45. The van der Waals surface area contributed by atoms with Crippen LogP contribution < -0.4 is 16.1 Å². The number of amides is 1. The van der Waals surface area contributed by atoms with Crippen LogP contribution in [0.1, 0.15) is 36.9 Å². The lowest BCUT2D eigenvalue weighted by atomic mass is 9.80. The maximum atomic E-state index is 13.1. The molecular weight excluding hydrogens is 276 g/mol. The lowest BCUT2D eigenvalue weighted by Gasteiger charge is -2.48. The quantitative estimate of drug-likeness (QED) is 0.890. The molecule has 120 valence electrons. The monoisotopic (exact) mass is 302 g/mol. The molecule has 1 aromatic rings. The minimum absolute atomic E-state index is 0.0224. The first-order chi connectivity index (χ1) is 10.5. The van der Waals surface area contributed by atoms with Gasteiger partial charge in [0.15, 0.2) is 0 Å². The highest BCUT2D eigenvalue weighted by Crippen LogP contribution is 2.44. The lowest BCUT2D eigenvalue weighted by molar-refractivity contribution is -0.129. The summed E-state index contributed by atoms with van der Waals surface area (Å²) in [6, 6.07) is 6.88. The summed E-state index contributed by atoms with van der Waals surface area (Å²) in [4.78, 5) is 15.0. The molecule has 1 amide bonds. The number of hydrogen-bond donors (Lipinski definition) is 2. The van der Waals surface area contributed by atoms with Gasteiger partial charge in [0.25, 0.3) is 0 Å². The van der Waals surface area contributed by atoms with Gasteiger partial charge < -0.3 is 10.6 Å². The van der Waals surface area contributed by atoms with E-state index in [1.807, 2.05) is 11.9 Å². The van der Waals surface area contributed by atoms with Crippen molar-refractivity contribution in [3.63, 3.8) is 0 Å². The van der Waals surface area contributed by atoms with Gasteiger partial charge in [0.2, 0.25) is 5.91 Å². The van der Waals surface area contributed by atoms with Crippen LogP contribution >= 0.6 is 0 Å². The molecule has 0 saturated carbocycles. The summed E-state index contributed by atoms with van der Waals surface area (Å²) in [6.07, 6.45) is 1.71. The first kappa shape index (κ1) is 15.5. The number of carbonyl (C=O) groups is 1. The molecule has 1 saturated heterocycles. The van der Waals surface area contributed by atoms with E-state index >= 15 is 0 Å². The van der Waals surface area contributed by atoms with Gasteiger partial charge in [-0.05, 0) is 50.4 Å². The van der Waals surface area contributed by atoms with Crippen LogP contribution in [0.15, 0.2) is 18.2 Å². The molecule has 3 unspecified atom stereocenters. The summed E-state index contributed by atoms with van der Waals surface area (Å²) in [7, 11) is 2.04. The van der Waals surface area contributed by atoms with E-state index in [9.17, 15) is 4.79 Å². The SMILES string of the molecule is Cc1ccc2c(c1)N(CCCN)C(=O)C1CC(C)NN(C)C21. The van der Waals surface area contributed by atoms with Gasteiger partial charge in [0.1, 0.15) is 0 Å². The molecule has 5 nitrogen and oxygen atoms in total. The summed E-state index contributed by atoms with van der Waals surface area (Å²) in [5.74, 6) is 0.269. The van der Waals surface area contributed by atoms with Crippen molar-refractivity contribution in [1.82, 2.24) is 10.4 Å². The molecule has 22 heavy (non-hydrogen) atoms. The van der Waals surface area contributed by atoms with Crippen molar-refractivity contribution >= 4 is 11.6 Å². The van der Waals surface area contributed by atoms with Gasteiger partial charge in [-0.25, -0.2) is 5.01 Å². The smallest absolute Gasteiger partial charge is 0.232 e.